The molecule has 1 atom stereocenters. The van der Waals surface area contributed by atoms with Crippen molar-refractivity contribution in [3.05, 3.63) is 28.8 Å². The van der Waals surface area contributed by atoms with Crippen LogP contribution in [0.5, 0.6) is 0 Å². The highest BCUT2D eigenvalue weighted by atomic mass is 35.5. The first kappa shape index (κ1) is 13.7. The van der Waals surface area contributed by atoms with Crippen LogP contribution in [0.3, 0.4) is 0 Å². The Morgan fingerprint density at radius 1 is 1.50 bits per heavy atom. The van der Waals surface area contributed by atoms with Crippen molar-refractivity contribution in [1.29, 1.82) is 0 Å². The summed E-state index contributed by atoms with van der Waals surface area (Å²) in [5.74, 6) is 0. The Kier molecular flexibility index (Phi) is 4.49. The number of aliphatic hydroxyl groups excluding tert-OH is 1. The molecule has 0 aliphatic carbocycles. The molecule has 1 aromatic rings. The fourth-order valence-corrected chi connectivity index (χ4v) is 2.93. The largest absolute Gasteiger partial charge is 0.392 e. The molecule has 1 aliphatic heterocycles. The smallest absolute Gasteiger partial charge is 0.0682 e. The summed E-state index contributed by atoms with van der Waals surface area (Å²) in [5.41, 5.74) is 1.89. The summed E-state index contributed by atoms with van der Waals surface area (Å²) in [7, 11) is 4.26. The molecule has 1 aliphatic rings. The second kappa shape index (κ2) is 5.91. The number of halogens is 1. The molecule has 0 saturated carbocycles. The van der Waals surface area contributed by atoms with Gasteiger partial charge < -0.3 is 14.9 Å². The van der Waals surface area contributed by atoms with Crippen LogP contribution in [-0.4, -0.2) is 43.2 Å². The van der Waals surface area contributed by atoms with Gasteiger partial charge in [-0.05, 0) is 44.1 Å². The second-order valence-electron chi connectivity index (χ2n) is 5.10. The SMILES string of the molecule is CN(CC1CCCN1C)c1ccc(CO)cc1Cl. The summed E-state index contributed by atoms with van der Waals surface area (Å²) >= 11 is 6.26. The van der Waals surface area contributed by atoms with E-state index in [1.165, 1.54) is 19.4 Å². The molecular formula is C14H21ClN2O. The zero-order valence-corrected chi connectivity index (χ0v) is 11.8. The van der Waals surface area contributed by atoms with Crippen LogP contribution >= 0.6 is 11.6 Å². The number of likely N-dealkylation sites (tertiary alicyclic amines) is 1. The van der Waals surface area contributed by atoms with E-state index in [2.05, 4.69) is 23.9 Å². The minimum atomic E-state index is 0.0368. The predicted octanol–water partition coefficient (Wildman–Crippen LogP) is 2.36. The topological polar surface area (TPSA) is 26.7 Å². The van der Waals surface area contributed by atoms with Crippen LogP contribution in [0.1, 0.15) is 18.4 Å². The Hall–Kier alpha value is -0.770. The van der Waals surface area contributed by atoms with E-state index in [0.717, 1.165) is 17.8 Å². The minimum Gasteiger partial charge on any atom is -0.392 e. The lowest BCUT2D eigenvalue weighted by Crippen LogP contribution is -2.36. The Bertz CT molecular complexity index is 411. The maximum absolute atomic E-state index is 9.08. The van der Waals surface area contributed by atoms with Crippen molar-refractivity contribution in [3.63, 3.8) is 0 Å². The van der Waals surface area contributed by atoms with E-state index in [-0.39, 0.29) is 6.61 Å². The van der Waals surface area contributed by atoms with Gasteiger partial charge in [0.25, 0.3) is 0 Å². The highest BCUT2D eigenvalue weighted by Gasteiger charge is 2.22. The number of benzene rings is 1. The van der Waals surface area contributed by atoms with E-state index >= 15 is 0 Å². The lowest BCUT2D eigenvalue weighted by atomic mass is 10.1. The van der Waals surface area contributed by atoms with Crippen LogP contribution in [-0.2, 0) is 6.61 Å². The van der Waals surface area contributed by atoms with Gasteiger partial charge in [0.05, 0.1) is 17.3 Å². The average molecular weight is 269 g/mol. The third-order valence-corrected chi connectivity index (χ3v) is 4.06. The van der Waals surface area contributed by atoms with Gasteiger partial charge in [0.1, 0.15) is 0 Å². The van der Waals surface area contributed by atoms with E-state index in [4.69, 9.17) is 16.7 Å². The molecule has 0 amide bonds. The molecule has 0 bridgehead atoms. The highest BCUT2D eigenvalue weighted by Crippen LogP contribution is 2.27. The first-order valence-corrected chi connectivity index (χ1v) is 6.80. The van der Waals surface area contributed by atoms with Crippen LogP contribution < -0.4 is 4.90 Å². The van der Waals surface area contributed by atoms with E-state index in [1.807, 2.05) is 18.2 Å². The highest BCUT2D eigenvalue weighted by molar-refractivity contribution is 6.33. The third kappa shape index (κ3) is 2.97. The van der Waals surface area contributed by atoms with Gasteiger partial charge >= 0.3 is 0 Å². The molecule has 1 fully saturated rings. The van der Waals surface area contributed by atoms with Crippen molar-refractivity contribution in [2.45, 2.75) is 25.5 Å². The fourth-order valence-electron chi connectivity index (χ4n) is 2.58. The maximum atomic E-state index is 9.08. The molecule has 2 rings (SSSR count). The average Bonchev–Trinajstić information content (AvgIpc) is 2.74. The zero-order chi connectivity index (χ0) is 13.1. The van der Waals surface area contributed by atoms with Crippen molar-refractivity contribution < 1.29 is 5.11 Å². The summed E-state index contributed by atoms with van der Waals surface area (Å²) in [6.07, 6.45) is 2.54. The number of hydrogen-bond donors (Lipinski definition) is 1. The van der Waals surface area contributed by atoms with Crippen molar-refractivity contribution in [2.75, 3.05) is 32.1 Å². The molecule has 4 heteroatoms. The zero-order valence-electron chi connectivity index (χ0n) is 11.1. The van der Waals surface area contributed by atoms with Crippen LogP contribution in [0.2, 0.25) is 5.02 Å². The number of aliphatic hydroxyl groups is 1. The quantitative estimate of drug-likeness (QED) is 0.908. The number of nitrogens with zero attached hydrogens (tertiary/aromatic N) is 2. The molecule has 1 unspecified atom stereocenters. The molecule has 0 spiro atoms. The Labute approximate surface area is 114 Å². The van der Waals surface area contributed by atoms with Gasteiger partial charge in [-0.2, -0.15) is 0 Å². The van der Waals surface area contributed by atoms with E-state index in [0.29, 0.717) is 11.1 Å². The number of rotatable bonds is 4. The molecule has 1 N–H and O–H groups in total. The first-order chi connectivity index (χ1) is 8.61. The van der Waals surface area contributed by atoms with Gasteiger partial charge in [-0.3, -0.25) is 0 Å². The van der Waals surface area contributed by atoms with Crippen molar-refractivity contribution in [1.82, 2.24) is 4.90 Å². The van der Waals surface area contributed by atoms with Crippen LogP contribution in [0.25, 0.3) is 0 Å². The lowest BCUT2D eigenvalue weighted by molar-refractivity contribution is 0.282. The third-order valence-electron chi connectivity index (χ3n) is 3.76. The van der Waals surface area contributed by atoms with Crippen LogP contribution in [0.15, 0.2) is 18.2 Å². The van der Waals surface area contributed by atoms with E-state index < -0.39 is 0 Å². The molecule has 0 radical (unpaired) electrons. The summed E-state index contributed by atoms with van der Waals surface area (Å²) in [6, 6.07) is 6.37. The molecule has 1 aromatic carbocycles. The van der Waals surface area contributed by atoms with Crippen LogP contribution in [0, 0.1) is 0 Å². The minimum absolute atomic E-state index is 0.0368. The summed E-state index contributed by atoms with van der Waals surface area (Å²) in [6.45, 7) is 2.22. The summed E-state index contributed by atoms with van der Waals surface area (Å²) in [5, 5.41) is 9.79. The fraction of sp³-hybridized carbons (Fsp3) is 0.571. The molecule has 18 heavy (non-hydrogen) atoms. The van der Waals surface area contributed by atoms with Gasteiger partial charge in [0.2, 0.25) is 0 Å². The van der Waals surface area contributed by atoms with Crippen LogP contribution in [0.4, 0.5) is 5.69 Å². The Morgan fingerprint density at radius 2 is 2.28 bits per heavy atom. The molecule has 100 valence electrons. The van der Waals surface area contributed by atoms with Crippen molar-refractivity contribution in [3.8, 4) is 0 Å². The number of likely N-dealkylation sites (N-methyl/N-ethyl adjacent to an activating group) is 2. The van der Waals surface area contributed by atoms with Crippen molar-refractivity contribution in [2.24, 2.45) is 0 Å². The number of hydrogen-bond acceptors (Lipinski definition) is 3. The van der Waals surface area contributed by atoms with Crippen molar-refractivity contribution >= 4 is 17.3 Å². The second-order valence-corrected chi connectivity index (χ2v) is 5.51. The normalized spacial score (nSPS) is 20.3. The molecule has 0 aromatic heterocycles. The molecule has 3 nitrogen and oxygen atoms in total. The van der Waals surface area contributed by atoms with E-state index in [9.17, 15) is 0 Å². The van der Waals surface area contributed by atoms with Gasteiger partial charge in [-0.1, -0.05) is 17.7 Å². The number of anilines is 1. The summed E-state index contributed by atoms with van der Waals surface area (Å²) in [4.78, 5) is 4.61. The van der Waals surface area contributed by atoms with Gasteiger partial charge in [0.15, 0.2) is 0 Å². The molecular weight excluding hydrogens is 248 g/mol. The monoisotopic (exact) mass is 268 g/mol. The van der Waals surface area contributed by atoms with Gasteiger partial charge in [-0.25, -0.2) is 0 Å². The predicted molar refractivity (Wildman–Crippen MR) is 76.3 cm³/mol. The molecule has 1 saturated heterocycles. The van der Waals surface area contributed by atoms with Gasteiger partial charge in [-0.15, -0.1) is 0 Å². The molecule has 1 heterocycles. The Balaban J connectivity index is 2.06. The first-order valence-electron chi connectivity index (χ1n) is 6.42. The Morgan fingerprint density at radius 3 is 2.83 bits per heavy atom. The van der Waals surface area contributed by atoms with E-state index in [1.54, 1.807) is 0 Å². The van der Waals surface area contributed by atoms with Gasteiger partial charge in [0, 0.05) is 19.6 Å². The summed E-state index contributed by atoms with van der Waals surface area (Å²) < 4.78 is 0. The standard InChI is InChI=1S/C14H21ClN2O/c1-16-7-3-4-12(16)9-17(2)14-6-5-11(10-18)8-13(14)15/h5-6,8,12,18H,3-4,7,9-10H2,1-2H3. The lowest BCUT2D eigenvalue weighted by Gasteiger charge is -2.28. The maximum Gasteiger partial charge on any atom is 0.0682 e.